The van der Waals surface area contributed by atoms with E-state index in [1.165, 1.54) is 6.07 Å². The monoisotopic (exact) mass is 314 g/mol. The number of fused-ring (bicyclic) bond motifs is 3. The summed E-state index contributed by atoms with van der Waals surface area (Å²) in [5.74, 6) is 0.646. The fourth-order valence-corrected chi connectivity index (χ4v) is 3.32. The molecule has 0 saturated carbocycles. The molecule has 120 valence electrons. The Hall–Kier alpha value is -2.18. The number of piperazine rings is 1. The third-order valence-electron chi connectivity index (χ3n) is 4.50. The molecular formula is C17H19FN4O. The molecule has 2 aromatic heterocycles. The number of hydrogen-bond donors (Lipinski definition) is 1. The van der Waals surface area contributed by atoms with Gasteiger partial charge in [0, 0.05) is 38.9 Å². The maximum absolute atomic E-state index is 14.2. The van der Waals surface area contributed by atoms with Crippen LogP contribution < -0.4 is 4.90 Å². The number of hydrogen-bond acceptors (Lipinski definition) is 4. The van der Waals surface area contributed by atoms with Crippen LogP contribution >= 0.6 is 0 Å². The van der Waals surface area contributed by atoms with Gasteiger partial charge in [-0.2, -0.15) is 0 Å². The Bertz CT molecular complexity index is 839. The number of β-amino-alcohol motifs (C(OH)–C–C–N with tert-alkyl or cyclic N) is 1. The van der Waals surface area contributed by atoms with E-state index in [4.69, 9.17) is 10.1 Å². The molecule has 6 heteroatoms. The highest BCUT2D eigenvalue weighted by atomic mass is 19.1. The second kappa shape index (κ2) is 5.79. The first kappa shape index (κ1) is 14.4. The molecule has 3 aromatic rings. The molecule has 4 rings (SSSR count). The summed E-state index contributed by atoms with van der Waals surface area (Å²) >= 11 is 0. The molecule has 1 saturated heterocycles. The summed E-state index contributed by atoms with van der Waals surface area (Å²) in [5, 5.41) is 9.05. The minimum atomic E-state index is -0.254. The SMILES string of the molecule is OCCN1CCN(c2nc3cccc(F)c3n3cccc23)CC1. The summed E-state index contributed by atoms with van der Waals surface area (Å²) in [7, 11) is 0. The molecule has 3 heterocycles. The topological polar surface area (TPSA) is 44.0 Å². The Labute approximate surface area is 133 Å². The van der Waals surface area contributed by atoms with Crippen LogP contribution in [0.4, 0.5) is 10.2 Å². The van der Waals surface area contributed by atoms with Gasteiger partial charge in [-0.3, -0.25) is 4.90 Å². The highest BCUT2D eigenvalue weighted by molar-refractivity contribution is 5.85. The molecule has 23 heavy (non-hydrogen) atoms. The van der Waals surface area contributed by atoms with Crippen LogP contribution in [0.25, 0.3) is 16.6 Å². The van der Waals surface area contributed by atoms with Gasteiger partial charge in [0.25, 0.3) is 0 Å². The Morgan fingerprint density at radius 2 is 1.91 bits per heavy atom. The first-order chi connectivity index (χ1) is 11.3. The van der Waals surface area contributed by atoms with Crippen molar-refractivity contribution in [3.05, 3.63) is 42.3 Å². The molecule has 0 radical (unpaired) electrons. The van der Waals surface area contributed by atoms with Crippen LogP contribution in [0.15, 0.2) is 36.5 Å². The van der Waals surface area contributed by atoms with Gasteiger partial charge in [0.1, 0.15) is 11.3 Å². The predicted octanol–water partition coefficient (Wildman–Crippen LogP) is 1.74. The number of rotatable bonds is 3. The van der Waals surface area contributed by atoms with Crippen molar-refractivity contribution in [3.63, 3.8) is 0 Å². The van der Waals surface area contributed by atoms with Crippen molar-refractivity contribution in [2.75, 3.05) is 44.2 Å². The summed E-state index contributed by atoms with van der Waals surface area (Å²) in [6.07, 6.45) is 1.88. The second-order valence-electron chi connectivity index (χ2n) is 5.86. The van der Waals surface area contributed by atoms with Crippen molar-refractivity contribution < 1.29 is 9.50 Å². The van der Waals surface area contributed by atoms with Crippen molar-refractivity contribution in [2.24, 2.45) is 0 Å². The zero-order chi connectivity index (χ0) is 15.8. The van der Waals surface area contributed by atoms with E-state index >= 15 is 0 Å². The van der Waals surface area contributed by atoms with E-state index in [0.29, 0.717) is 17.6 Å². The Kier molecular flexibility index (Phi) is 3.63. The van der Waals surface area contributed by atoms with E-state index in [1.807, 2.05) is 28.8 Å². The van der Waals surface area contributed by atoms with Gasteiger partial charge in [-0.15, -0.1) is 0 Å². The van der Waals surface area contributed by atoms with E-state index in [-0.39, 0.29) is 12.4 Å². The molecule has 5 nitrogen and oxygen atoms in total. The predicted molar refractivity (Wildman–Crippen MR) is 88.4 cm³/mol. The second-order valence-corrected chi connectivity index (χ2v) is 5.86. The van der Waals surface area contributed by atoms with Gasteiger partial charge in [0.05, 0.1) is 17.6 Å². The average Bonchev–Trinajstić information content (AvgIpc) is 3.05. The number of aliphatic hydroxyl groups is 1. The molecular weight excluding hydrogens is 295 g/mol. The molecule has 1 N–H and O–H groups in total. The molecule has 0 aliphatic carbocycles. The van der Waals surface area contributed by atoms with E-state index < -0.39 is 0 Å². The highest BCUT2D eigenvalue weighted by Crippen LogP contribution is 2.27. The van der Waals surface area contributed by atoms with Gasteiger partial charge in [-0.1, -0.05) is 6.07 Å². The molecule has 0 bridgehead atoms. The van der Waals surface area contributed by atoms with Crippen LogP contribution in [0, 0.1) is 5.82 Å². The molecule has 1 aromatic carbocycles. The minimum absolute atomic E-state index is 0.191. The van der Waals surface area contributed by atoms with Crippen molar-refractivity contribution in [3.8, 4) is 0 Å². The molecule has 0 atom stereocenters. The first-order valence-electron chi connectivity index (χ1n) is 7.91. The Balaban J connectivity index is 1.76. The van der Waals surface area contributed by atoms with Crippen LogP contribution in [0.2, 0.25) is 0 Å². The quantitative estimate of drug-likeness (QED) is 0.800. The van der Waals surface area contributed by atoms with Gasteiger partial charge in [-0.05, 0) is 24.3 Å². The van der Waals surface area contributed by atoms with Crippen molar-refractivity contribution in [1.82, 2.24) is 14.3 Å². The molecule has 0 unspecified atom stereocenters. The third kappa shape index (κ3) is 2.44. The smallest absolute Gasteiger partial charge is 0.153 e. The number of para-hydroxylation sites is 1. The fourth-order valence-electron chi connectivity index (χ4n) is 3.32. The largest absolute Gasteiger partial charge is 0.395 e. The van der Waals surface area contributed by atoms with Crippen molar-refractivity contribution in [1.29, 1.82) is 0 Å². The maximum Gasteiger partial charge on any atom is 0.153 e. The Morgan fingerprint density at radius 1 is 1.09 bits per heavy atom. The normalized spacial score (nSPS) is 16.5. The van der Waals surface area contributed by atoms with Crippen LogP contribution in [0.5, 0.6) is 0 Å². The van der Waals surface area contributed by atoms with Gasteiger partial charge in [-0.25, -0.2) is 9.37 Å². The Morgan fingerprint density at radius 3 is 2.70 bits per heavy atom. The average molecular weight is 314 g/mol. The fraction of sp³-hybridized carbons (Fsp3) is 0.353. The molecule has 0 spiro atoms. The molecule has 1 aliphatic heterocycles. The number of benzene rings is 1. The van der Waals surface area contributed by atoms with E-state index in [9.17, 15) is 4.39 Å². The summed E-state index contributed by atoms with van der Waals surface area (Å²) in [5.41, 5.74) is 2.12. The number of halogens is 1. The minimum Gasteiger partial charge on any atom is -0.395 e. The van der Waals surface area contributed by atoms with E-state index in [1.54, 1.807) is 6.07 Å². The van der Waals surface area contributed by atoms with Gasteiger partial charge >= 0.3 is 0 Å². The lowest BCUT2D eigenvalue weighted by atomic mass is 10.2. The van der Waals surface area contributed by atoms with E-state index in [0.717, 1.165) is 37.5 Å². The summed E-state index contributed by atoms with van der Waals surface area (Å²) in [4.78, 5) is 9.21. The van der Waals surface area contributed by atoms with Crippen LogP contribution in [0.1, 0.15) is 0 Å². The van der Waals surface area contributed by atoms with E-state index in [2.05, 4.69) is 9.80 Å². The van der Waals surface area contributed by atoms with Crippen molar-refractivity contribution in [2.45, 2.75) is 0 Å². The van der Waals surface area contributed by atoms with Gasteiger partial charge in [0.2, 0.25) is 0 Å². The summed E-state index contributed by atoms with van der Waals surface area (Å²) in [6, 6.07) is 8.92. The first-order valence-corrected chi connectivity index (χ1v) is 7.91. The summed E-state index contributed by atoms with van der Waals surface area (Å²) < 4.78 is 16.1. The molecule has 1 aliphatic rings. The number of anilines is 1. The number of nitrogens with zero attached hydrogens (tertiary/aromatic N) is 4. The lowest BCUT2D eigenvalue weighted by Crippen LogP contribution is -2.47. The number of aromatic nitrogens is 2. The maximum atomic E-state index is 14.2. The van der Waals surface area contributed by atoms with Crippen LogP contribution in [-0.2, 0) is 0 Å². The molecule has 0 amide bonds. The zero-order valence-electron chi connectivity index (χ0n) is 12.8. The lowest BCUT2D eigenvalue weighted by Gasteiger charge is -2.35. The van der Waals surface area contributed by atoms with Gasteiger partial charge < -0.3 is 14.4 Å². The lowest BCUT2D eigenvalue weighted by molar-refractivity contribution is 0.188. The summed E-state index contributed by atoms with van der Waals surface area (Å²) in [6.45, 7) is 4.41. The third-order valence-corrected chi connectivity index (χ3v) is 4.50. The van der Waals surface area contributed by atoms with Crippen LogP contribution in [0.3, 0.4) is 0 Å². The van der Waals surface area contributed by atoms with Crippen LogP contribution in [-0.4, -0.2) is 58.7 Å². The van der Waals surface area contributed by atoms with Gasteiger partial charge in [0.15, 0.2) is 5.82 Å². The number of aliphatic hydroxyl groups excluding tert-OH is 1. The molecule has 1 fully saturated rings. The standard InChI is InChI=1S/C17H19FN4O/c18-13-3-1-4-14-16(13)22-6-2-5-15(22)17(19-14)21-9-7-20(8-10-21)11-12-23/h1-6,23H,7-12H2. The van der Waals surface area contributed by atoms with Crippen molar-refractivity contribution >= 4 is 22.4 Å². The highest BCUT2D eigenvalue weighted by Gasteiger charge is 2.21. The zero-order valence-corrected chi connectivity index (χ0v) is 12.8.